The van der Waals surface area contributed by atoms with Crippen LogP contribution in [-0.2, 0) is 11.3 Å². The molecule has 1 atom stereocenters. The average Bonchev–Trinajstić information content (AvgIpc) is 3.51. The highest BCUT2D eigenvalue weighted by Gasteiger charge is 2.34. The van der Waals surface area contributed by atoms with Gasteiger partial charge in [-0.1, -0.05) is 42.5 Å². The number of carbonyl (C=O) groups excluding carboxylic acids is 1. The van der Waals surface area contributed by atoms with Crippen molar-refractivity contribution in [2.45, 2.75) is 25.3 Å². The number of ether oxygens (including phenoxy) is 2. The van der Waals surface area contributed by atoms with Gasteiger partial charge in [0.15, 0.2) is 0 Å². The first kappa shape index (κ1) is 23.1. The molecule has 2 heterocycles. The zero-order valence-corrected chi connectivity index (χ0v) is 20.8. The van der Waals surface area contributed by atoms with Crippen LogP contribution in [0.25, 0.3) is 21.8 Å². The molecule has 1 aliphatic rings. The van der Waals surface area contributed by atoms with Gasteiger partial charge in [0.25, 0.3) is 0 Å². The number of nitrogens with zero attached hydrogens (tertiary/aromatic N) is 3. The topological polar surface area (TPSA) is 56.6 Å². The fraction of sp³-hybridized carbons (Fsp3) is 0.226. The number of hydrogen-bond acceptors (Lipinski definition) is 4. The summed E-state index contributed by atoms with van der Waals surface area (Å²) in [5, 5.41) is 2.38. The number of aryl methyl sites for hydroxylation is 1. The van der Waals surface area contributed by atoms with Crippen molar-refractivity contribution in [2.75, 3.05) is 25.2 Å². The minimum atomic E-state index is 0.0309. The van der Waals surface area contributed by atoms with E-state index in [1.165, 1.54) is 10.8 Å². The second kappa shape index (κ2) is 9.97. The second-order valence-electron chi connectivity index (χ2n) is 9.42. The predicted molar refractivity (Wildman–Crippen MR) is 146 cm³/mol. The van der Waals surface area contributed by atoms with Crippen molar-refractivity contribution >= 4 is 33.4 Å². The van der Waals surface area contributed by atoms with Crippen LogP contribution >= 0.6 is 0 Å². The summed E-state index contributed by atoms with van der Waals surface area (Å²) >= 11 is 0. The Hall–Kier alpha value is -4.32. The first-order valence-electron chi connectivity index (χ1n) is 12.7. The van der Waals surface area contributed by atoms with E-state index in [1.54, 1.807) is 7.11 Å². The van der Waals surface area contributed by atoms with Gasteiger partial charge in [0.2, 0.25) is 5.91 Å². The van der Waals surface area contributed by atoms with Crippen molar-refractivity contribution in [3.63, 3.8) is 0 Å². The van der Waals surface area contributed by atoms with Gasteiger partial charge in [0.1, 0.15) is 17.3 Å². The third kappa shape index (κ3) is 4.62. The van der Waals surface area contributed by atoms with Crippen LogP contribution in [0.4, 0.5) is 5.69 Å². The normalized spacial score (nSPS) is 15.5. The molecule has 186 valence electrons. The lowest BCUT2D eigenvalue weighted by Gasteiger charge is -2.18. The van der Waals surface area contributed by atoms with Crippen molar-refractivity contribution in [1.29, 1.82) is 0 Å². The lowest BCUT2D eigenvalue weighted by atomic mass is 10.1. The zero-order valence-electron chi connectivity index (χ0n) is 20.8. The minimum Gasteiger partial charge on any atom is -0.497 e. The lowest BCUT2D eigenvalue weighted by Crippen LogP contribution is -2.24. The van der Waals surface area contributed by atoms with Gasteiger partial charge in [-0.15, -0.1) is 0 Å². The molecule has 0 aliphatic carbocycles. The van der Waals surface area contributed by atoms with Gasteiger partial charge >= 0.3 is 0 Å². The molecule has 5 aromatic rings. The molecular weight excluding hydrogens is 462 g/mol. The van der Waals surface area contributed by atoms with Crippen molar-refractivity contribution < 1.29 is 14.3 Å². The van der Waals surface area contributed by atoms with Crippen LogP contribution in [0.5, 0.6) is 11.5 Å². The summed E-state index contributed by atoms with van der Waals surface area (Å²) in [6.07, 6.45) is 1.28. The van der Waals surface area contributed by atoms with Crippen molar-refractivity contribution in [2.24, 2.45) is 0 Å². The number of para-hydroxylation sites is 2. The molecule has 0 radical (unpaired) electrons. The Balaban J connectivity index is 1.18. The molecule has 1 amide bonds. The molecule has 6 rings (SSSR count). The van der Waals surface area contributed by atoms with E-state index in [4.69, 9.17) is 14.5 Å². The molecule has 1 aliphatic heterocycles. The Bertz CT molecular complexity index is 1560. The fourth-order valence-corrected chi connectivity index (χ4v) is 5.20. The third-order valence-electron chi connectivity index (χ3n) is 7.07. The highest BCUT2D eigenvalue weighted by atomic mass is 16.5. The Morgan fingerprint density at radius 1 is 0.892 bits per heavy atom. The SMILES string of the molecule is COc1ccc(N2CC(c3nc4ccccc4n3CCCOc3ccc4ccccc4c3)CC2=O)cc1. The van der Waals surface area contributed by atoms with E-state index < -0.39 is 0 Å². The minimum absolute atomic E-state index is 0.0309. The van der Waals surface area contributed by atoms with E-state index in [0.29, 0.717) is 19.6 Å². The number of carbonyl (C=O) groups is 1. The number of rotatable bonds is 8. The first-order chi connectivity index (χ1) is 18.2. The summed E-state index contributed by atoms with van der Waals surface area (Å²) in [4.78, 5) is 19.8. The van der Waals surface area contributed by atoms with Crippen LogP contribution in [0.15, 0.2) is 91.0 Å². The number of aromatic nitrogens is 2. The second-order valence-corrected chi connectivity index (χ2v) is 9.42. The van der Waals surface area contributed by atoms with Crippen LogP contribution in [-0.4, -0.2) is 35.7 Å². The number of fused-ring (bicyclic) bond motifs is 2. The van der Waals surface area contributed by atoms with Crippen LogP contribution in [0.3, 0.4) is 0 Å². The molecule has 0 bridgehead atoms. The van der Waals surface area contributed by atoms with Crippen molar-refractivity contribution in [1.82, 2.24) is 9.55 Å². The molecule has 6 nitrogen and oxygen atoms in total. The molecule has 1 aromatic heterocycles. The highest BCUT2D eigenvalue weighted by molar-refractivity contribution is 5.96. The van der Waals surface area contributed by atoms with Gasteiger partial charge in [-0.05, 0) is 65.7 Å². The lowest BCUT2D eigenvalue weighted by molar-refractivity contribution is -0.117. The maximum absolute atomic E-state index is 13.0. The predicted octanol–water partition coefficient (Wildman–Crippen LogP) is 6.19. The van der Waals surface area contributed by atoms with Gasteiger partial charge in [0, 0.05) is 31.1 Å². The molecule has 1 fully saturated rings. The Labute approximate surface area is 216 Å². The van der Waals surface area contributed by atoms with Crippen LogP contribution in [0.1, 0.15) is 24.6 Å². The number of amides is 1. The van der Waals surface area contributed by atoms with Gasteiger partial charge in [-0.25, -0.2) is 4.98 Å². The Morgan fingerprint density at radius 2 is 1.65 bits per heavy atom. The maximum Gasteiger partial charge on any atom is 0.227 e. The monoisotopic (exact) mass is 491 g/mol. The molecule has 0 saturated carbocycles. The van der Waals surface area contributed by atoms with Crippen LogP contribution < -0.4 is 14.4 Å². The molecule has 4 aromatic carbocycles. The van der Waals surface area contributed by atoms with Crippen molar-refractivity contribution in [3.8, 4) is 11.5 Å². The number of anilines is 1. The molecule has 0 spiro atoms. The van der Waals surface area contributed by atoms with Gasteiger partial charge < -0.3 is 18.9 Å². The van der Waals surface area contributed by atoms with E-state index in [0.717, 1.165) is 47.0 Å². The van der Waals surface area contributed by atoms with E-state index in [1.807, 2.05) is 65.6 Å². The number of benzene rings is 4. The number of methoxy groups -OCH3 is 1. The summed E-state index contributed by atoms with van der Waals surface area (Å²) in [5.74, 6) is 2.78. The summed E-state index contributed by atoms with van der Waals surface area (Å²) in [7, 11) is 1.64. The summed E-state index contributed by atoms with van der Waals surface area (Å²) in [6, 6.07) is 30.4. The van der Waals surface area contributed by atoms with E-state index >= 15 is 0 Å². The largest absolute Gasteiger partial charge is 0.497 e. The van der Waals surface area contributed by atoms with Gasteiger partial charge in [-0.2, -0.15) is 0 Å². The molecule has 37 heavy (non-hydrogen) atoms. The molecule has 0 N–H and O–H groups in total. The zero-order chi connectivity index (χ0) is 25.2. The molecule has 1 unspecified atom stereocenters. The Kier molecular flexibility index (Phi) is 6.23. The maximum atomic E-state index is 13.0. The van der Waals surface area contributed by atoms with E-state index in [9.17, 15) is 4.79 Å². The Morgan fingerprint density at radius 3 is 2.49 bits per heavy atom. The van der Waals surface area contributed by atoms with Crippen molar-refractivity contribution in [3.05, 3.63) is 96.8 Å². The molecule has 1 saturated heterocycles. The van der Waals surface area contributed by atoms with Gasteiger partial charge in [-0.3, -0.25) is 4.79 Å². The number of imidazole rings is 1. The standard InChI is InChI=1S/C31H29N3O3/c1-36-26-15-12-25(13-16-26)34-21-24(20-30(34)35)31-32-28-9-4-5-10-29(28)33(31)17-6-18-37-27-14-11-22-7-2-3-8-23(22)19-27/h2-5,7-16,19,24H,6,17-18,20-21H2,1H3. The van der Waals surface area contributed by atoms with Crippen LogP contribution in [0, 0.1) is 0 Å². The summed E-state index contributed by atoms with van der Waals surface area (Å²) in [6.45, 7) is 1.99. The summed E-state index contributed by atoms with van der Waals surface area (Å²) in [5.41, 5.74) is 2.95. The van der Waals surface area contributed by atoms with Crippen LogP contribution in [0.2, 0.25) is 0 Å². The molecular formula is C31H29N3O3. The highest BCUT2D eigenvalue weighted by Crippen LogP contribution is 2.34. The molecule has 6 heteroatoms. The quantitative estimate of drug-likeness (QED) is 0.243. The van der Waals surface area contributed by atoms with Gasteiger partial charge in [0.05, 0.1) is 24.8 Å². The van der Waals surface area contributed by atoms with E-state index in [-0.39, 0.29) is 11.8 Å². The fourth-order valence-electron chi connectivity index (χ4n) is 5.20. The average molecular weight is 492 g/mol. The van der Waals surface area contributed by atoms with E-state index in [2.05, 4.69) is 34.9 Å². The number of hydrogen-bond donors (Lipinski definition) is 0. The first-order valence-corrected chi connectivity index (χ1v) is 12.7. The smallest absolute Gasteiger partial charge is 0.227 e. The third-order valence-corrected chi connectivity index (χ3v) is 7.07. The summed E-state index contributed by atoms with van der Waals surface area (Å²) < 4.78 is 13.6.